The lowest BCUT2D eigenvalue weighted by Gasteiger charge is -2.18. The first kappa shape index (κ1) is 11.0. The van der Waals surface area contributed by atoms with E-state index in [-0.39, 0.29) is 6.04 Å². The van der Waals surface area contributed by atoms with E-state index in [9.17, 15) is 4.79 Å². The fourth-order valence-electron chi connectivity index (χ4n) is 1.71. The molecule has 1 rings (SSSR count). The van der Waals surface area contributed by atoms with Gasteiger partial charge in [0.15, 0.2) is 0 Å². The number of rotatable bonds is 4. The van der Waals surface area contributed by atoms with Crippen LogP contribution in [-0.4, -0.2) is 35.1 Å². The molecule has 0 unspecified atom stereocenters. The third-order valence-electron chi connectivity index (χ3n) is 2.43. The maximum absolute atomic E-state index is 10.8. The quantitative estimate of drug-likeness (QED) is 0.694. The molecule has 3 heteroatoms. The molecule has 1 N–H and O–H groups in total. The molecule has 1 heterocycles. The van der Waals surface area contributed by atoms with Crippen molar-refractivity contribution in [2.24, 2.45) is 0 Å². The summed E-state index contributed by atoms with van der Waals surface area (Å²) in [5.41, 5.74) is 0. The van der Waals surface area contributed by atoms with E-state index in [0.717, 1.165) is 25.9 Å². The van der Waals surface area contributed by atoms with Gasteiger partial charge in [0.05, 0.1) is 0 Å². The van der Waals surface area contributed by atoms with Gasteiger partial charge in [-0.1, -0.05) is 24.3 Å². The van der Waals surface area contributed by atoms with Crippen molar-refractivity contribution in [2.45, 2.75) is 25.8 Å². The topological polar surface area (TPSA) is 40.5 Å². The Balaban J connectivity index is 2.39. The lowest BCUT2D eigenvalue weighted by atomic mass is 10.2. The third kappa shape index (κ3) is 3.00. The molecule has 0 aliphatic carbocycles. The largest absolute Gasteiger partial charge is 0.480 e. The van der Waals surface area contributed by atoms with E-state index in [1.165, 1.54) is 0 Å². The van der Waals surface area contributed by atoms with Crippen molar-refractivity contribution >= 4 is 5.97 Å². The Labute approximate surface area is 84.7 Å². The van der Waals surface area contributed by atoms with E-state index in [2.05, 4.69) is 0 Å². The number of carboxylic acids is 1. The monoisotopic (exact) mass is 195 g/mol. The van der Waals surface area contributed by atoms with Crippen molar-refractivity contribution < 1.29 is 9.90 Å². The van der Waals surface area contributed by atoms with Crippen LogP contribution in [0.3, 0.4) is 0 Å². The predicted octanol–water partition coefficient (Wildman–Crippen LogP) is 1.67. The van der Waals surface area contributed by atoms with Gasteiger partial charge in [-0.05, 0) is 26.3 Å². The van der Waals surface area contributed by atoms with Crippen LogP contribution in [0.4, 0.5) is 0 Å². The molecule has 1 saturated heterocycles. The van der Waals surface area contributed by atoms with Gasteiger partial charge < -0.3 is 5.11 Å². The van der Waals surface area contributed by atoms with Crippen LogP contribution in [0.15, 0.2) is 24.3 Å². The molecule has 0 amide bonds. The van der Waals surface area contributed by atoms with Crippen molar-refractivity contribution in [3.8, 4) is 0 Å². The van der Waals surface area contributed by atoms with Gasteiger partial charge in [0.1, 0.15) is 6.04 Å². The van der Waals surface area contributed by atoms with Crippen LogP contribution in [0, 0.1) is 0 Å². The molecule has 0 radical (unpaired) electrons. The van der Waals surface area contributed by atoms with Gasteiger partial charge in [-0.15, -0.1) is 0 Å². The van der Waals surface area contributed by atoms with Crippen molar-refractivity contribution in [3.05, 3.63) is 24.3 Å². The van der Waals surface area contributed by atoms with Gasteiger partial charge in [0.2, 0.25) is 0 Å². The summed E-state index contributed by atoms with van der Waals surface area (Å²) in [4.78, 5) is 12.8. The summed E-state index contributed by atoms with van der Waals surface area (Å²) in [5, 5.41) is 8.91. The normalized spacial score (nSPS) is 23.9. The summed E-state index contributed by atoms with van der Waals surface area (Å²) in [7, 11) is 0. The van der Waals surface area contributed by atoms with Crippen LogP contribution >= 0.6 is 0 Å². The van der Waals surface area contributed by atoms with E-state index >= 15 is 0 Å². The minimum Gasteiger partial charge on any atom is -0.480 e. The van der Waals surface area contributed by atoms with Gasteiger partial charge in [-0.2, -0.15) is 0 Å². The SMILES string of the molecule is C/C=C/C=C/CN1CCC[C@H]1C(=O)O. The number of hydrogen-bond acceptors (Lipinski definition) is 2. The zero-order valence-electron chi connectivity index (χ0n) is 8.52. The van der Waals surface area contributed by atoms with Crippen molar-refractivity contribution in [1.82, 2.24) is 4.90 Å². The first-order valence-corrected chi connectivity index (χ1v) is 5.00. The molecule has 1 aliphatic rings. The van der Waals surface area contributed by atoms with Crippen LogP contribution in [-0.2, 0) is 4.79 Å². The zero-order chi connectivity index (χ0) is 10.4. The average Bonchev–Trinajstić information content (AvgIpc) is 2.60. The molecule has 0 aromatic carbocycles. The highest BCUT2D eigenvalue weighted by Gasteiger charge is 2.29. The predicted molar refractivity (Wildman–Crippen MR) is 56.2 cm³/mol. The standard InChI is InChI=1S/C11H17NO2/c1-2-3-4-5-8-12-9-6-7-10(12)11(13)14/h2-5,10H,6-9H2,1H3,(H,13,14)/b3-2+,5-4+/t10-/m0/s1. The number of nitrogens with zero attached hydrogens (tertiary/aromatic N) is 1. The summed E-state index contributed by atoms with van der Waals surface area (Å²) in [6.07, 6.45) is 9.64. The lowest BCUT2D eigenvalue weighted by Crippen LogP contribution is -2.35. The molecule has 1 fully saturated rings. The Morgan fingerprint density at radius 2 is 2.36 bits per heavy atom. The van der Waals surface area contributed by atoms with Gasteiger partial charge in [-0.25, -0.2) is 0 Å². The van der Waals surface area contributed by atoms with Gasteiger partial charge >= 0.3 is 5.97 Å². The summed E-state index contributed by atoms with van der Waals surface area (Å²) < 4.78 is 0. The van der Waals surface area contributed by atoms with Crippen LogP contribution in [0.2, 0.25) is 0 Å². The number of hydrogen-bond donors (Lipinski definition) is 1. The Hall–Kier alpha value is -1.09. The van der Waals surface area contributed by atoms with Crippen LogP contribution in [0.5, 0.6) is 0 Å². The minimum atomic E-state index is -0.693. The second-order valence-electron chi connectivity index (χ2n) is 3.45. The van der Waals surface area contributed by atoms with E-state index in [4.69, 9.17) is 5.11 Å². The molecule has 14 heavy (non-hydrogen) atoms. The number of carboxylic acid groups (broad SMARTS) is 1. The molecule has 0 spiro atoms. The molecule has 3 nitrogen and oxygen atoms in total. The van der Waals surface area contributed by atoms with Crippen LogP contribution in [0.1, 0.15) is 19.8 Å². The summed E-state index contributed by atoms with van der Waals surface area (Å²) >= 11 is 0. The van der Waals surface area contributed by atoms with E-state index in [1.54, 1.807) is 0 Å². The first-order chi connectivity index (χ1) is 6.75. The zero-order valence-corrected chi connectivity index (χ0v) is 8.52. The molecule has 1 atom stereocenters. The molecular weight excluding hydrogens is 178 g/mol. The summed E-state index contributed by atoms with van der Waals surface area (Å²) in [6.45, 7) is 3.60. The second kappa shape index (κ2) is 5.60. The third-order valence-corrected chi connectivity index (χ3v) is 2.43. The molecule has 0 aromatic rings. The number of carbonyl (C=O) groups is 1. The Morgan fingerprint density at radius 1 is 1.57 bits per heavy atom. The van der Waals surface area contributed by atoms with E-state index in [0.29, 0.717) is 0 Å². The fraction of sp³-hybridized carbons (Fsp3) is 0.545. The van der Waals surface area contributed by atoms with Crippen molar-refractivity contribution in [2.75, 3.05) is 13.1 Å². The Bertz CT molecular complexity index is 246. The molecule has 1 aliphatic heterocycles. The summed E-state index contributed by atoms with van der Waals surface area (Å²) in [5.74, 6) is -0.693. The smallest absolute Gasteiger partial charge is 0.320 e. The van der Waals surface area contributed by atoms with E-state index in [1.807, 2.05) is 36.1 Å². The molecular formula is C11H17NO2. The Morgan fingerprint density at radius 3 is 3.00 bits per heavy atom. The number of likely N-dealkylation sites (tertiary alicyclic amines) is 1. The van der Waals surface area contributed by atoms with Crippen LogP contribution in [0.25, 0.3) is 0 Å². The average molecular weight is 195 g/mol. The van der Waals surface area contributed by atoms with Crippen LogP contribution < -0.4 is 0 Å². The van der Waals surface area contributed by atoms with E-state index < -0.39 is 5.97 Å². The molecule has 0 bridgehead atoms. The highest BCUT2D eigenvalue weighted by molar-refractivity contribution is 5.73. The summed E-state index contributed by atoms with van der Waals surface area (Å²) in [6, 6.07) is -0.273. The highest BCUT2D eigenvalue weighted by atomic mass is 16.4. The second-order valence-corrected chi connectivity index (χ2v) is 3.45. The first-order valence-electron chi connectivity index (χ1n) is 5.00. The molecule has 0 saturated carbocycles. The van der Waals surface area contributed by atoms with Gasteiger partial charge in [0, 0.05) is 6.54 Å². The Kier molecular flexibility index (Phi) is 4.40. The highest BCUT2D eigenvalue weighted by Crippen LogP contribution is 2.16. The number of aliphatic carboxylic acids is 1. The van der Waals surface area contributed by atoms with Crippen molar-refractivity contribution in [1.29, 1.82) is 0 Å². The fourth-order valence-corrected chi connectivity index (χ4v) is 1.71. The number of allylic oxidation sites excluding steroid dienone is 3. The maximum atomic E-state index is 10.8. The minimum absolute atomic E-state index is 0.273. The molecule has 78 valence electrons. The van der Waals surface area contributed by atoms with Gasteiger partial charge in [-0.3, -0.25) is 9.69 Å². The maximum Gasteiger partial charge on any atom is 0.320 e. The van der Waals surface area contributed by atoms with Gasteiger partial charge in [0.25, 0.3) is 0 Å². The van der Waals surface area contributed by atoms with Crippen molar-refractivity contribution in [3.63, 3.8) is 0 Å². The lowest BCUT2D eigenvalue weighted by molar-refractivity contribution is -0.141. The molecule has 0 aromatic heterocycles.